The van der Waals surface area contributed by atoms with E-state index in [9.17, 15) is 5.11 Å². The Bertz CT molecular complexity index is 2900. The second-order valence-electron chi connectivity index (χ2n) is 17.3. The molecule has 0 radical (unpaired) electrons. The van der Waals surface area contributed by atoms with Crippen LogP contribution >= 0.6 is 0 Å². The van der Waals surface area contributed by atoms with Crippen LogP contribution in [-0.2, 0) is 31.9 Å². The summed E-state index contributed by atoms with van der Waals surface area (Å²) in [6.07, 6.45) is 1.86. The molecule has 0 atom stereocenters. The van der Waals surface area contributed by atoms with Crippen LogP contribution in [0.1, 0.15) is 73.5 Å². The van der Waals surface area contributed by atoms with Crippen molar-refractivity contribution >= 4 is 11.0 Å². The molecule has 58 heavy (non-hydrogen) atoms. The Morgan fingerprint density at radius 1 is 0.621 bits per heavy atom. The molecule has 0 unspecified atom stereocenters. The Hall–Kier alpha value is -5.57. The van der Waals surface area contributed by atoms with Crippen LogP contribution in [0.4, 0.5) is 0 Å². The maximum Gasteiger partial charge on any atom is 0.148 e. The zero-order valence-corrected chi connectivity index (χ0v) is 36.6. The Labute approximate surface area is 362 Å². The van der Waals surface area contributed by atoms with Crippen molar-refractivity contribution in [3.05, 3.63) is 167 Å². The van der Waals surface area contributed by atoms with Gasteiger partial charge in [-0.2, -0.15) is 0 Å². The van der Waals surface area contributed by atoms with E-state index in [0.29, 0.717) is 22.6 Å². The third-order valence-electron chi connectivity index (χ3n) is 10.8. The molecule has 4 nitrogen and oxygen atoms in total. The van der Waals surface area contributed by atoms with Gasteiger partial charge < -0.3 is 5.11 Å². The quantitative estimate of drug-likeness (QED) is 0.169. The molecule has 0 saturated carbocycles. The van der Waals surface area contributed by atoms with E-state index in [1.165, 1.54) is 5.56 Å². The first-order valence-corrected chi connectivity index (χ1v) is 19.5. The molecule has 0 aliphatic rings. The van der Waals surface area contributed by atoms with Crippen molar-refractivity contribution in [3.8, 4) is 67.5 Å². The van der Waals surface area contributed by atoms with Crippen molar-refractivity contribution in [1.82, 2.24) is 14.5 Å². The van der Waals surface area contributed by atoms with E-state index in [1.54, 1.807) is 12.1 Å². The van der Waals surface area contributed by atoms with Gasteiger partial charge in [0, 0.05) is 42.8 Å². The minimum Gasteiger partial charge on any atom is -0.507 e. The Balaban J connectivity index is 0.00000561. The fourth-order valence-electron chi connectivity index (χ4n) is 7.63. The maximum atomic E-state index is 11.7. The van der Waals surface area contributed by atoms with E-state index >= 15 is 0 Å². The van der Waals surface area contributed by atoms with Crippen LogP contribution in [0, 0.1) is 26.8 Å². The normalized spacial score (nSPS) is 12.8. The molecule has 2 heterocycles. The number of hydrogen-bond donors (Lipinski definition) is 1. The summed E-state index contributed by atoms with van der Waals surface area (Å²) in [6, 6.07) is 46.3. The second kappa shape index (κ2) is 15.6. The van der Waals surface area contributed by atoms with Crippen molar-refractivity contribution in [2.75, 3.05) is 0 Å². The van der Waals surface area contributed by atoms with Crippen LogP contribution in [0.25, 0.3) is 72.7 Å². The number of imidazole rings is 1. The van der Waals surface area contributed by atoms with E-state index in [2.05, 4.69) is 96.1 Å². The summed E-state index contributed by atoms with van der Waals surface area (Å²) in [6.45, 7) is 14.8. The molecule has 6 aromatic carbocycles. The van der Waals surface area contributed by atoms with Gasteiger partial charge in [-0.25, -0.2) is 4.98 Å². The fraction of sp³-hybridized carbons (Fsp3) is 0.208. The molecule has 1 N–H and O–H groups in total. The summed E-state index contributed by atoms with van der Waals surface area (Å²) < 4.78 is 27.4. The van der Waals surface area contributed by atoms with Crippen LogP contribution in [-0.4, -0.2) is 19.6 Å². The van der Waals surface area contributed by atoms with E-state index in [-0.39, 0.29) is 43.2 Å². The van der Waals surface area contributed by atoms with Crippen LogP contribution < -0.4 is 0 Å². The average molecular weight is 943 g/mol. The van der Waals surface area contributed by atoms with Crippen molar-refractivity contribution in [2.45, 2.75) is 73.1 Å². The van der Waals surface area contributed by atoms with Gasteiger partial charge >= 0.3 is 0 Å². The van der Waals surface area contributed by atoms with Gasteiger partial charge in [0.15, 0.2) is 0 Å². The number of fused-ring (bicyclic) bond motifs is 1. The molecule has 294 valence electrons. The van der Waals surface area contributed by atoms with Gasteiger partial charge in [-0.15, -0.1) is 29.3 Å². The maximum absolute atomic E-state index is 11.7. The molecule has 0 spiro atoms. The van der Waals surface area contributed by atoms with E-state index in [0.717, 1.165) is 66.8 Å². The van der Waals surface area contributed by atoms with Gasteiger partial charge in [-0.1, -0.05) is 138 Å². The number of phenols is 1. The van der Waals surface area contributed by atoms with Gasteiger partial charge in [-0.05, 0) is 106 Å². The molecule has 5 heteroatoms. The van der Waals surface area contributed by atoms with Crippen molar-refractivity contribution < 1.29 is 30.3 Å². The Kier molecular flexibility index (Phi) is 9.91. The van der Waals surface area contributed by atoms with Gasteiger partial charge in [0.1, 0.15) is 11.6 Å². The smallest absolute Gasteiger partial charge is 0.148 e. The molecule has 0 aliphatic carbocycles. The molecule has 2 aromatic heterocycles. The minimum atomic E-state index is -2.37. The summed E-state index contributed by atoms with van der Waals surface area (Å²) >= 11 is 0. The molecule has 0 aliphatic heterocycles. The van der Waals surface area contributed by atoms with Crippen LogP contribution in [0.5, 0.6) is 5.75 Å². The average Bonchev–Trinajstić information content (AvgIpc) is 3.61. The summed E-state index contributed by atoms with van der Waals surface area (Å²) in [4.78, 5) is 10.2. The first-order chi connectivity index (χ1) is 28.3. The van der Waals surface area contributed by atoms with Crippen molar-refractivity contribution in [3.63, 3.8) is 0 Å². The predicted octanol–water partition coefficient (Wildman–Crippen LogP) is 13.8. The van der Waals surface area contributed by atoms with E-state index < -0.39 is 6.85 Å². The van der Waals surface area contributed by atoms with Gasteiger partial charge in [0.05, 0.1) is 16.6 Å². The largest absolute Gasteiger partial charge is 0.507 e. The number of nitrogens with zero attached hydrogens (tertiary/aromatic N) is 3. The fourth-order valence-corrected chi connectivity index (χ4v) is 7.63. The van der Waals surface area contributed by atoms with Crippen LogP contribution in [0.2, 0.25) is 0 Å². The third-order valence-corrected chi connectivity index (χ3v) is 10.8. The third kappa shape index (κ3) is 7.96. The number of benzene rings is 6. The first-order valence-electron chi connectivity index (χ1n) is 21.0. The standard InChI is InChI=1S/C53H50N3O.Pt/c1-33-24-35(3)50(57)46(27-33)51-55-49-45(16-13-17-48(49)56(51)44-26-34(2)25-39(31-44)36-14-11-10-12-15-36)40-28-41(30-43(29-40)53(7,8)9)47-32-38(22-23-54-47)37-18-20-42(21-19-37)52(4,5)6;/h10-27,29-32,57H,1-9H3;/q-1;/i2D3;. The first kappa shape index (κ1) is 36.7. The molecular weight excluding hydrogens is 890 g/mol. The number of para-hydroxylation sites is 1. The summed E-state index contributed by atoms with van der Waals surface area (Å²) in [5.74, 6) is 0.624. The topological polar surface area (TPSA) is 50.9 Å². The number of hydrogen-bond acceptors (Lipinski definition) is 3. The molecular formula is C53H50N3OPt-. The second-order valence-corrected chi connectivity index (χ2v) is 17.3. The molecule has 0 fully saturated rings. The number of phenolic OH excluding ortho intramolecular Hbond substituents is 1. The summed E-state index contributed by atoms with van der Waals surface area (Å²) in [5, 5.41) is 11.7. The van der Waals surface area contributed by atoms with Crippen LogP contribution in [0.15, 0.2) is 134 Å². The van der Waals surface area contributed by atoms with Gasteiger partial charge in [0.2, 0.25) is 0 Å². The number of aryl methyl sites for hydroxylation is 3. The predicted molar refractivity (Wildman–Crippen MR) is 238 cm³/mol. The Morgan fingerprint density at radius 3 is 2.03 bits per heavy atom. The van der Waals surface area contributed by atoms with Crippen molar-refractivity contribution in [2.24, 2.45) is 0 Å². The van der Waals surface area contributed by atoms with Crippen LogP contribution in [0.3, 0.4) is 0 Å². The number of aromatic nitrogens is 3. The Morgan fingerprint density at radius 2 is 1.33 bits per heavy atom. The number of pyridine rings is 1. The molecule has 0 saturated heterocycles. The van der Waals surface area contributed by atoms with Gasteiger partial charge in [-0.3, -0.25) is 9.55 Å². The number of rotatable bonds is 6. The van der Waals surface area contributed by atoms with E-state index in [4.69, 9.17) is 14.1 Å². The zero-order valence-electron chi connectivity index (χ0n) is 37.3. The summed E-state index contributed by atoms with van der Waals surface area (Å²) in [7, 11) is 0. The zero-order chi connectivity index (χ0) is 42.7. The molecule has 0 amide bonds. The minimum absolute atomic E-state index is 0. The molecule has 8 rings (SSSR count). The van der Waals surface area contributed by atoms with Crippen molar-refractivity contribution in [1.29, 1.82) is 0 Å². The molecule has 8 aromatic rings. The van der Waals surface area contributed by atoms with Gasteiger partial charge in [0.25, 0.3) is 0 Å². The SMILES string of the molecule is [2H]C([2H])([2H])c1cc(-c2ccccc2)cc(-n2c(-c3cc(C)cc(C)c3O)nc3c(-c4[c-]c(-c5cc(-c6ccc(C(C)(C)C)cc6)ccn5)cc(C(C)(C)C)c4)cccc32)c1.[Pt]. The molecule has 0 bridgehead atoms. The monoisotopic (exact) mass is 942 g/mol. The summed E-state index contributed by atoms with van der Waals surface area (Å²) in [5.41, 5.74) is 14.0. The number of aromatic hydroxyl groups is 1. The van der Waals surface area contributed by atoms with E-state index in [1.807, 2.05) is 91.3 Å².